The minimum absolute atomic E-state index is 0.0241. The highest BCUT2D eigenvalue weighted by Crippen LogP contribution is 2.29. The molecule has 3 N–H and O–H groups in total. The van der Waals surface area contributed by atoms with Gasteiger partial charge in [0, 0.05) is 18.5 Å². The molecule has 6 heteroatoms. The fraction of sp³-hybridized carbons (Fsp3) is 0.857. The molecule has 114 valence electrons. The lowest BCUT2D eigenvalue weighted by Crippen LogP contribution is -2.53. The van der Waals surface area contributed by atoms with Crippen LogP contribution in [0.15, 0.2) is 0 Å². The molecule has 1 saturated heterocycles. The van der Waals surface area contributed by atoms with Gasteiger partial charge in [0.05, 0.1) is 25.7 Å². The Bertz CT molecular complexity index is 366. The maximum absolute atomic E-state index is 12.5. The standard InChI is InChI=1S/C14H24N2O4/c15-14(4-2-1-3-5-14)9-12(17)16-6-7-20-10-11(16)8-13(18)19/h11H,1-10,15H2,(H,18,19). The summed E-state index contributed by atoms with van der Waals surface area (Å²) in [4.78, 5) is 25.0. The quantitative estimate of drug-likeness (QED) is 0.794. The van der Waals surface area contributed by atoms with E-state index in [1.54, 1.807) is 4.90 Å². The van der Waals surface area contributed by atoms with Crippen LogP contribution in [0.5, 0.6) is 0 Å². The van der Waals surface area contributed by atoms with Crippen LogP contribution in [0.1, 0.15) is 44.9 Å². The van der Waals surface area contributed by atoms with E-state index in [0.717, 1.165) is 25.7 Å². The molecule has 0 aromatic heterocycles. The summed E-state index contributed by atoms with van der Waals surface area (Å²) in [6.07, 6.45) is 5.36. The number of morpholine rings is 1. The van der Waals surface area contributed by atoms with Gasteiger partial charge in [-0.05, 0) is 12.8 Å². The van der Waals surface area contributed by atoms with Gasteiger partial charge >= 0.3 is 5.97 Å². The second-order valence-corrected chi connectivity index (χ2v) is 6.01. The molecule has 0 aromatic carbocycles. The molecule has 20 heavy (non-hydrogen) atoms. The average Bonchev–Trinajstić information content (AvgIpc) is 2.38. The SMILES string of the molecule is NC1(CC(=O)N2CCOCC2CC(=O)O)CCCCC1. The van der Waals surface area contributed by atoms with Crippen LogP contribution in [0.4, 0.5) is 0 Å². The summed E-state index contributed by atoms with van der Waals surface area (Å²) in [7, 11) is 0. The number of aliphatic carboxylic acids is 1. The van der Waals surface area contributed by atoms with Crippen LogP contribution in [-0.2, 0) is 14.3 Å². The minimum atomic E-state index is -0.904. The monoisotopic (exact) mass is 284 g/mol. The molecular weight excluding hydrogens is 260 g/mol. The maximum Gasteiger partial charge on any atom is 0.305 e. The van der Waals surface area contributed by atoms with Gasteiger partial charge in [0.15, 0.2) is 0 Å². The molecule has 2 rings (SSSR count). The normalized spacial score (nSPS) is 26.2. The van der Waals surface area contributed by atoms with E-state index in [-0.39, 0.29) is 18.4 Å². The van der Waals surface area contributed by atoms with Crippen LogP contribution in [-0.4, -0.2) is 53.2 Å². The molecular formula is C14H24N2O4. The Hall–Kier alpha value is -1.14. The Morgan fingerprint density at radius 1 is 1.30 bits per heavy atom. The molecule has 6 nitrogen and oxygen atoms in total. The third kappa shape index (κ3) is 3.93. The molecule has 1 atom stereocenters. The largest absolute Gasteiger partial charge is 0.481 e. The molecule has 0 aromatic rings. The average molecular weight is 284 g/mol. The lowest BCUT2D eigenvalue weighted by atomic mass is 9.80. The van der Waals surface area contributed by atoms with Crippen LogP contribution in [0.3, 0.4) is 0 Å². The van der Waals surface area contributed by atoms with Crippen molar-refractivity contribution < 1.29 is 19.4 Å². The number of carboxylic acids is 1. The van der Waals surface area contributed by atoms with Gasteiger partial charge in [-0.2, -0.15) is 0 Å². The van der Waals surface area contributed by atoms with Crippen LogP contribution in [0, 0.1) is 0 Å². The van der Waals surface area contributed by atoms with Gasteiger partial charge in [-0.1, -0.05) is 19.3 Å². The summed E-state index contributed by atoms with van der Waals surface area (Å²) in [5, 5.41) is 8.92. The molecule has 1 unspecified atom stereocenters. The van der Waals surface area contributed by atoms with Crippen LogP contribution < -0.4 is 5.73 Å². The summed E-state index contributed by atoms with van der Waals surface area (Å²) in [6.45, 7) is 1.24. The van der Waals surface area contributed by atoms with E-state index < -0.39 is 11.5 Å². The van der Waals surface area contributed by atoms with Gasteiger partial charge in [-0.25, -0.2) is 0 Å². The van der Waals surface area contributed by atoms with Crippen molar-refractivity contribution in [3.63, 3.8) is 0 Å². The topological polar surface area (TPSA) is 92.9 Å². The predicted octanol–water partition coefficient (Wildman–Crippen LogP) is 0.740. The smallest absolute Gasteiger partial charge is 0.305 e. The number of hydrogen-bond acceptors (Lipinski definition) is 4. The minimum Gasteiger partial charge on any atom is -0.481 e. The van der Waals surface area contributed by atoms with E-state index in [9.17, 15) is 9.59 Å². The first kappa shape index (κ1) is 15.3. The number of rotatable bonds is 4. The second kappa shape index (κ2) is 6.54. The van der Waals surface area contributed by atoms with Gasteiger partial charge < -0.3 is 20.5 Å². The number of nitrogens with two attached hydrogens (primary N) is 1. The van der Waals surface area contributed by atoms with Crippen molar-refractivity contribution in [1.82, 2.24) is 4.90 Å². The molecule has 1 heterocycles. The number of carboxylic acid groups (broad SMARTS) is 1. The van der Waals surface area contributed by atoms with E-state index in [4.69, 9.17) is 15.6 Å². The number of hydrogen-bond donors (Lipinski definition) is 2. The van der Waals surface area contributed by atoms with Gasteiger partial charge in [-0.3, -0.25) is 9.59 Å². The Morgan fingerprint density at radius 3 is 2.65 bits per heavy atom. The molecule has 1 aliphatic heterocycles. The first-order chi connectivity index (χ1) is 9.50. The zero-order valence-electron chi connectivity index (χ0n) is 11.8. The second-order valence-electron chi connectivity index (χ2n) is 6.01. The van der Waals surface area contributed by atoms with Crippen LogP contribution in [0.25, 0.3) is 0 Å². The van der Waals surface area contributed by atoms with E-state index in [1.165, 1.54) is 6.42 Å². The molecule has 2 aliphatic rings. The van der Waals surface area contributed by atoms with Gasteiger partial charge in [-0.15, -0.1) is 0 Å². The van der Waals surface area contributed by atoms with E-state index in [0.29, 0.717) is 26.2 Å². The Morgan fingerprint density at radius 2 is 2.00 bits per heavy atom. The highest BCUT2D eigenvalue weighted by molar-refractivity contribution is 5.79. The zero-order valence-corrected chi connectivity index (χ0v) is 11.8. The van der Waals surface area contributed by atoms with Crippen molar-refractivity contribution >= 4 is 11.9 Å². The Labute approximate surface area is 119 Å². The van der Waals surface area contributed by atoms with Crippen molar-refractivity contribution in [3.05, 3.63) is 0 Å². The van der Waals surface area contributed by atoms with Crippen molar-refractivity contribution in [2.75, 3.05) is 19.8 Å². The molecule has 1 aliphatic carbocycles. The van der Waals surface area contributed by atoms with Gasteiger partial charge in [0.25, 0.3) is 0 Å². The summed E-state index contributed by atoms with van der Waals surface area (Å²) in [6, 6.07) is -0.360. The number of nitrogens with zero attached hydrogens (tertiary/aromatic N) is 1. The first-order valence-corrected chi connectivity index (χ1v) is 7.38. The highest BCUT2D eigenvalue weighted by Gasteiger charge is 2.35. The lowest BCUT2D eigenvalue weighted by molar-refractivity contribution is -0.147. The molecule has 0 spiro atoms. The summed E-state index contributed by atoms with van der Waals surface area (Å²) in [5.41, 5.74) is 5.92. The molecule has 0 radical (unpaired) electrons. The maximum atomic E-state index is 12.5. The van der Waals surface area contributed by atoms with E-state index in [2.05, 4.69) is 0 Å². The predicted molar refractivity (Wildman–Crippen MR) is 73.2 cm³/mol. The molecule has 0 bridgehead atoms. The van der Waals surface area contributed by atoms with E-state index >= 15 is 0 Å². The number of carbonyl (C=O) groups is 2. The van der Waals surface area contributed by atoms with Crippen molar-refractivity contribution in [2.24, 2.45) is 5.73 Å². The number of amides is 1. The van der Waals surface area contributed by atoms with Crippen LogP contribution >= 0.6 is 0 Å². The summed E-state index contributed by atoms with van der Waals surface area (Å²) < 4.78 is 5.29. The summed E-state index contributed by atoms with van der Waals surface area (Å²) in [5.74, 6) is -0.928. The third-order valence-corrected chi connectivity index (χ3v) is 4.31. The highest BCUT2D eigenvalue weighted by atomic mass is 16.5. The summed E-state index contributed by atoms with van der Waals surface area (Å²) >= 11 is 0. The zero-order chi connectivity index (χ0) is 14.6. The third-order valence-electron chi connectivity index (χ3n) is 4.31. The Kier molecular flexibility index (Phi) is 4.99. The first-order valence-electron chi connectivity index (χ1n) is 7.38. The molecule has 1 saturated carbocycles. The van der Waals surface area contributed by atoms with Crippen LogP contribution in [0.2, 0.25) is 0 Å². The molecule has 1 amide bonds. The number of carbonyl (C=O) groups excluding carboxylic acids is 1. The fourth-order valence-electron chi connectivity index (χ4n) is 3.19. The Balaban J connectivity index is 1.96. The van der Waals surface area contributed by atoms with Crippen molar-refractivity contribution in [1.29, 1.82) is 0 Å². The number of ether oxygens (including phenoxy) is 1. The van der Waals surface area contributed by atoms with Crippen molar-refractivity contribution in [3.8, 4) is 0 Å². The fourth-order valence-corrected chi connectivity index (χ4v) is 3.19. The lowest BCUT2D eigenvalue weighted by Gasteiger charge is -2.39. The van der Waals surface area contributed by atoms with Gasteiger partial charge in [0.2, 0.25) is 5.91 Å². The van der Waals surface area contributed by atoms with E-state index in [1.807, 2.05) is 0 Å². The van der Waals surface area contributed by atoms with Gasteiger partial charge in [0.1, 0.15) is 0 Å². The van der Waals surface area contributed by atoms with Crippen molar-refractivity contribution in [2.45, 2.75) is 56.5 Å². The molecule has 2 fully saturated rings.